The first-order chi connectivity index (χ1) is 5.42. The normalized spacial score (nSPS) is 15.5. The lowest BCUT2D eigenvalue weighted by Gasteiger charge is -1.98. The number of hydrogen-bond donors (Lipinski definition) is 1. The van der Waals surface area contributed by atoms with Crippen LogP contribution in [-0.2, 0) is 24.8 Å². The Hall–Kier alpha value is -0.0000000000000000555. The number of unbranched alkanes of at least 4 members (excludes halogenated alkanes) is 2. The van der Waals surface area contributed by atoms with E-state index in [0.717, 1.165) is 12.8 Å². The summed E-state index contributed by atoms with van der Waals surface area (Å²) in [6.07, 6.45) is 2.78. The van der Waals surface area contributed by atoms with Gasteiger partial charge in [-0.15, -0.1) is 0 Å². The molecular weight excluding hydrogens is 196 g/mol. The minimum absolute atomic E-state index is 0.165. The van der Waals surface area contributed by atoms with Crippen LogP contribution in [0.3, 0.4) is 0 Å². The molecule has 0 aromatic heterocycles. The van der Waals surface area contributed by atoms with Crippen molar-refractivity contribution < 1.29 is 13.6 Å². The highest BCUT2D eigenvalue weighted by Gasteiger charge is 1.99. The minimum Gasteiger partial charge on any atom is -0.306 e. The van der Waals surface area contributed by atoms with Crippen molar-refractivity contribution in [3.63, 3.8) is 0 Å². The molecule has 0 rings (SSSR count). The summed E-state index contributed by atoms with van der Waals surface area (Å²) >= 11 is 4.30. The largest absolute Gasteiger partial charge is 0.306 e. The Kier molecular flexibility index (Phi) is 5.61. The first-order valence-electron chi connectivity index (χ1n) is 3.86. The van der Waals surface area contributed by atoms with E-state index in [9.17, 15) is 9.00 Å². The third kappa shape index (κ3) is 10.0. The molecule has 0 amide bonds. The van der Waals surface area contributed by atoms with Crippen LogP contribution in [0.5, 0.6) is 0 Å². The predicted molar refractivity (Wildman–Crippen MR) is 52.2 cm³/mol. The van der Waals surface area contributed by atoms with Crippen LogP contribution in [0.15, 0.2) is 0 Å². The van der Waals surface area contributed by atoms with Crippen LogP contribution >= 0.6 is 0 Å². The topological polar surface area (TPSA) is 54.4 Å². The van der Waals surface area contributed by atoms with E-state index in [1.165, 1.54) is 0 Å². The van der Waals surface area contributed by atoms with Crippen LogP contribution < -0.4 is 0 Å². The molecule has 5 heteroatoms. The zero-order chi connectivity index (χ0) is 9.61. The Morgan fingerprint density at radius 2 is 2.00 bits per heavy atom. The fourth-order valence-corrected chi connectivity index (χ4v) is 1.76. The number of carbonyl (C=O) groups is 1. The first kappa shape index (κ1) is 12.0. The van der Waals surface area contributed by atoms with Gasteiger partial charge in [0.2, 0.25) is 0 Å². The third-order valence-electron chi connectivity index (χ3n) is 1.43. The molecule has 0 aliphatic carbocycles. The molecule has 1 unspecified atom stereocenters. The smallest absolute Gasteiger partial charge is 0.141 e. The molecule has 3 nitrogen and oxygen atoms in total. The summed E-state index contributed by atoms with van der Waals surface area (Å²) in [6.45, 7) is 1.54. The van der Waals surface area contributed by atoms with Gasteiger partial charge in [-0.1, -0.05) is 6.42 Å². The lowest BCUT2D eigenvalue weighted by Crippen LogP contribution is -2.02. The van der Waals surface area contributed by atoms with Crippen molar-refractivity contribution in [2.45, 2.75) is 32.6 Å². The van der Waals surface area contributed by atoms with Crippen LogP contribution in [0.4, 0.5) is 0 Å². The highest BCUT2D eigenvalue weighted by atomic mass is 32.8. The molecule has 1 N–H and O–H groups in total. The third-order valence-corrected chi connectivity index (χ3v) is 2.74. The fourth-order valence-electron chi connectivity index (χ4n) is 0.835. The summed E-state index contributed by atoms with van der Waals surface area (Å²) in [5, 5.41) is 0. The maximum atomic E-state index is 10.6. The lowest BCUT2D eigenvalue weighted by molar-refractivity contribution is -0.117. The molecule has 0 fully saturated rings. The zero-order valence-electron chi connectivity index (χ0n) is 7.12. The van der Waals surface area contributed by atoms with Crippen molar-refractivity contribution in [2.24, 2.45) is 0 Å². The quantitative estimate of drug-likeness (QED) is 0.672. The minimum atomic E-state index is -2.98. The summed E-state index contributed by atoms with van der Waals surface area (Å²) in [5.74, 6) is 0.332. The zero-order valence-corrected chi connectivity index (χ0v) is 8.75. The number of ketones is 1. The van der Waals surface area contributed by atoms with Crippen LogP contribution in [0.1, 0.15) is 32.6 Å². The fraction of sp³-hybridized carbons (Fsp3) is 0.857. The number of hydrogen-bond acceptors (Lipinski definition) is 3. The highest BCUT2D eigenvalue weighted by Crippen LogP contribution is 2.02. The second-order valence-corrected chi connectivity index (χ2v) is 5.93. The number of carbonyl (C=O) groups excluding carboxylic acids is 1. The molecule has 0 spiro atoms. The van der Waals surface area contributed by atoms with Crippen molar-refractivity contribution in [3.05, 3.63) is 0 Å². The van der Waals surface area contributed by atoms with Crippen molar-refractivity contribution in [1.82, 2.24) is 0 Å². The molecule has 0 aliphatic rings. The van der Waals surface area contributed by atoms with Crippen molar-refractivity contribution in [2.75, 3.05) is 5.75 Å². The van der Waals surface area contributed by atoms with E-state index >= 15 is 0 Å². The van der Waals surface area contributed by atoms with E-state index in [2.05, 4.69) is 11.2 Å². The molecule has 0 aliphatic heterocycles. The summed E-state index contributed by atoms with van der Waals surface area (Å²) in [7, 11) is -2.98. The highest BCUT2D eigenvalue weighted by molar-refractivity contribution is 8.29. The average molecular weight is 210 g/mol. The molecule has 0 saturated carbocycles. The monoisotopic (exact) mass is 210 g/mol. The van der Waals surface area contributed by atoms with Gasteiger partial charge in [0, 0.05) is 23.4 Å². The van der Waals surface area contributed by atoms with E-state index in [0.29, 0.717) is 12.8 Å². The second kappa shape index (κ2) is 5.61. The lowest BCUT2D eigenvalue weighted by atomic mass is 10.2. The average Bonchev–Trinajstić information content (AvgIpc) is 1.83. The summed E-state index contributed by atoms with van der Waals surface area (Å²) < 4.78 is 19.3. The van der Waals surface area contributed by atoms with Crippen molar-refractivity contribution in [3.8, 4) is 0 Å². The Labute approximate surface area is 78.0 Å². The molecular formula is C7H14O3S2. The van der Waals surface area contributed by atoms with Crippen LogP contribution in [0.2, 0.25) is 0 Å². The van der Waals surface area contributed by atoms with Gasteiger partial charge < -0.3 is 9.35 Å². The van der Waals surface area contributed by atoms with Gasteiger partial charge >= 0.3 is 0 Å². The molecule has 72 valence electrons. The number of rotatable bonds is 6. The van der Waals surface area contributed by atoms with E-state index < -0.39 is 8.77 Å². The van der Waals surface area contributed by atoms with Gasteiger partial charge in [-0.2, -0.15) is 0 Å². The number of Topliss-reactive ketones (excluding diaryl/α,β-unsaturated/α-hetero) is 1. The summed E-state index contributed by atoms with van der Waals surface area (Å²) in [4.78, 5) is 10.5. The van der Waals surface area contributed by atoms with Crippen molar-refractivity contribution >= 4 is 25.7 Å². The van der Waals surface area contributed by atoms with Gasteiger partial charge in [0.1, 0.15) is 14.6 Å². The maximum absolute atomic E-state index is 10.6. The predicted octanol–water partition coefficient (Wildman–Crippen LogP) is 1.36. The van der Waals surface area contributed by atoms with E-state index in [1.54, 1.807) is 6.92 Å². The molecule has 0 saturated heterocycles. The Balaban J connectivity index is 3.29. The molecule has 0 heterocycles. The maximum Gasteiger partial charge on any atom is 0.141 e. The molecule has 0 aromatic carbocycles. The van der Waals surface area contributed by atoms with Gasteiger partial charge in [-0.25, -0.2) is 4.21 Å². The van der Waals surface area contributed by atoms with E-state index in [-0.39, 0.29) is 11.5 Å². The molecule has 0 aromatic rings. The van der Waals surface area contributed by atoms with E-state index in [4.69, 9.17) is 4.55 Å². The molecule has 12 heavy (non-hydrogen) atoms. The Bertz CT molecular complexity index is 231. The Morgan fingerprint density at radius 1 is 1.42 bits per heavy atom. The summed E-state index contributed by atoms with van der Waals surface area (Å²) in [5.41, 5.74) is 0. The van der Waals surface area contributed by atoms with Crippen LogP contribution in [-0.4, -0.2) is 20.3 Å². The van der Waals surface area contributed by atoms with Crippen molar-refractivity contribution in [1.29, 1.82) is 0 Å². The molecule has 1 atom stereocenters. The van der Waals surface area contributed by atoms with Crippen LogP contribution in [0.25, 0.3) is 0 Å². The second-order valence-electron chi connectivity index (χ2n) is 2.80. The van der Waals surface area contributed by atoms with Gasteiger partial charge in [0.05, 0.1) is 0 Å². The SMILES string of the molecule is CC(=O)CCCCCS(=O)(O)=S. The van der Waals surface area contributed by atoms with Gasteiger partial charge in [0.15, 0.2) is 0 Å². The van der Waals surface area contributed by atoms with Crippen LogP contribution in [0, 0.1) is 0 Å². The first-order valence-corrected chi connectivity index (χ1v) is 6.47. The molecule has 0 bridgehead atoms. The Morgan fingerprint density at radius 3 is 2.42 bits per heavy atom. The molecule has 0 radical (unpaired) electrons. The standard InChI is InChI=1S/C7H14O3S2/c1-7(8)5-3-2-4-6-12(9,10)11/h2-6H2,1H3,(H,9,10,11). The summed E-state index contributed by atoms with van der Waals surface area (Å²) in [6, 6.07) is 0. The van der Waals surface area contributed by atoms with Gasteiger partial charge in [-0.3, -0.25) is 0 Å². The van der Waals surface area contributed by atoms with E-state index in [1.807, 2.05) is 0 Å². The van der Waals surface area contributed by atoms with Gasteiger partial charge in [-0.05, 0) is 19.8 Å². The van der Waals surface area contributed by atoms with Gasteiger partial charge in [0.25, 0.3) is 0 Å².